The standard InChI is InChI=1S/C37H43FN8O5/c1-44-20-28(27-19-39-43-34(27)36(44)49)24-17-30(38)29(32(18-24)51-2)21-45-13-11-26(12-14-45)41-37(50)46-15-9-23(10-16-46)22-3-5-25(6-4-22)40-31-7-8-33(47)42-35(31)48/h3-6,17-20,23,26,31,40H,7-16,21H2,1-2H3,(H,39,43)(H,41,50)(H,42,47,48). The monoisotopic (exact) mass is 698 g/mol. The molecule has 0 radical (unpaired) electrons. The zero-order chi connectivity index (χ0) is 35.6. The number of H-pyrrole nitrogens is 1. The van der Waals surface area contributed by atoms with Gasteiger partial charge in [-0.2, -0.15) is 5.10 Å². The van der Waals surface area contributed by atoms with E-state index in [1.165, 1.54) is 23.3 Å². The third-order valence-electron chi connectivity index (χ3n) is 10.5. The van der Waals surface area contributed by atoms with Gasteiger partial charge in [0.1, 0.15) is 23.1 Å². The maximum Gasteiger partial charge on any atom is 0.317 e. The van der Waals surface area contributed by atoms with Crippen LogP contribution in [-0.4, -0.2) is 87.8 Å². The smallest absolute Gasteiger partial charge is 0.317 e. The highest BCUT2D eigenvalue weighted by atomic mass is 19.1. The van der Waals surface area contributed by atoms with Gasteiger partial charge in [0.15, 0.2) is 0 Å². The van der Waals surface area contributed by atoms with Crippen LogP contribution in [0.25, 0.3) is 22.0 Å². The number of aromatic nitrogens is 3. The number of pyridine rings is 1. The molecule has 2 aromatic carbocycles. The number of nitrogens with one attached hydrogen (secondary N) is 4. The normalized spacial score (nSPS) is 19.3. The van der Waals surface area contributed by atoms with Gasteiger partial charge in [0, 0.05) is 80.6 Å². The van der Waals surface area contributed by atoms with Crippen molar-refractivity contribution in [1.82, 2.24) is 35.2 Å². The van der Waals surface area contributed by atoms with Crippen molar-refractivity contribution in [3.63, 3.8) is 0 Å². The van der Waals surface area contributed by atoms with Gasteiger partial charge >= 0.3 is 6.03 Å². The zero-order valence-electron chi connectivity index (χ0n) is 28.8. The molecule has 4 aromatic rings. The molecular formula is C37H43FN8O5. The summed E-state index contributed by atoms with van der Waals surface area (Å²) in [7, 11) is 3.18. The van der Waals surface area contributed by atoms with Gasteiger partial charge in [-0.3, -0.25) is 29.7 Å². The van der Waals surface area contributed by atoms with Crippen molar-refractivity contribution < 1.29 is 23.5 Å². The van der Waals surface area contributed by atoms with Crippen LogP contribution in [-0.2, 0) is 23.2 Å². The van der Waals surface area contributed by atoms with Gasteiger partial charge in [-0.15, -0.1) is 0 Å². The summed E-state index contributed by atoms with van der Waals surface area (Å²) in [5.41, 5.74) is 3.96. The van der Waals surface area contributed by atoms with Crippen LogP contribution in [0.15, 0.2) is 53.6 Å². The number of amides is 4. The zero-order valence-corrected chi connectivity index (χ0v) is 28.8. The molecule has 3 saturated heterocycles. The second kappa shape index (κ2) is 14.5. The van der Waals surface area contributed by atoms with Crippen molar-refractivity contribution in [3.8, 4) is 16.9 Å². The lowest BCUT2D eigenvalue weighted by Crippen LogP contribution is -2.50. The number of ether oxygens (including phenoxy) is 1. The first-order chi connectivity index (χ1) is 24.7. The Balaban J connectivity index is 0.886. The number of hydrogen-bond donors (Lipinski definition) is 4. The molecule has 2 aromatic heterocycles. The largest absolute Gasteiger partial charge is 0.496 e. The topological polar surface area (TPSA) is 154 Å². The van der Waals surface area contributed by atoms with Crippen molar-refractivity contribution in [2.24, 2.45) is 7.05 Å². The van der Waals surface area contributed by atoms with Crippen molar-refractivity contribution in [2.45, 2.75) is 63.1 Å². The van der Waals surface area contributed by atoms with E-state index in [2.05, 4.69) is 43.2 Å². The summed E-state index contributed by atoms with van der Waals surface area (Å²) in [6.07, 6.45) is 7.33. The first-order valence-electron chi connectivity index (χ1n) is 17.5. The first-order valence-corrected chi connectivity index (χ1v) is 17.5. The second-order valence-corrected chi connectivity index (χ2v) is 13.8. The lowest BCUT2D eigenvalue weighted by atomic mass is 9.89. The van der Waals surface area contributed by atoms with Gasteiger partial charge in [0.05, 0.1) is 13.3 Å². The summed E-state index contributed by atoms with van der Waals surface area (Å²) < 4.78 is 22.8. The molecule has 4 amide bonds. The first kappa shape index (κ1) is 34.2. The molecular weight excluding hydrogens is 655 g/mol. The second-order valence-electron chi connectivity index (χ2n) is 13.8. The van der Waals surface area contributed by atoms with Gasteiger partial charge in [0.25, 0.3) is 5.56 Å². The molecule has 7 rings (SSSR count). The number of urea groups is 1. The van der Waals surface area contributed by atoms with Gasteiger partial charge in [-0.1, -0.05) is 12.1 Å². The minimum Gasteiger partial charge on any atom is -0.496 e. The number of halogens is 1. The Morgan fingerprint density at radius 3 is 2.47 bits per heavy atom. The minimum absolute atomic E-state index is 0.0378. The number of anilines is 1. The quantitative estimate of drug-likeness (QED) is 0.203. The number of carbonyl (C=O) groups is 3. The molecule has 4 N–H and O–H groups in total. The maximum atomic E-state index is 15.7. The number of carbonyl (C=O) groups excluding carboxylic acids is 3. The fourth-order valence-corrected chi connectivity index (χ4v) is 7.51. The van der Waals surface area contributed by atoms with Crippen LogP contribution < -0.4 is 26.2 Å². The van der Waals surface area contributed by atoms with Crippen LogP contribution in [0.5, 0.6) is 5.75 Å². The Bertz CT molecular complexity index is 1990. The molecule has 3 aliphatic rings. The number of methoxy groups -OCH3 is 1. The summed E-state index contributed by atoms with van der Waals surface area (Å²) >= 11 is 0. The lowest BCUT2D eigenvalue weighted by Gasteiger charge is -2.36. The number of benzene rings is 2. The van der Waals surface area contributed by atoms with E-state index in [0.717, 1.165) is 31.4 Å². The minimum atomic E-state index is -0.415. The molecule has 3 aliphatic heterocycles. The van der Waals surface area contributed by atoms with Crippen molar-refractivity contribution in [2.75, 3.05) is 38.6 Å². The van der Waals surface area contributed by atoms with E-state index >= 15 is 4.39 Å². The summed E-state index contributed by atoms with van der Waals surface area (Å²) in [5.74, 6) is -0.114. The van der Waals surface area contributed by atoms with Crippen molar-refractivity contribution in [3.05, 3.63) is 76.1 Å². The van der Waals surface area contributed by atoms with E-state index in [0.29, 0.717) is 84.8 Å². The summed E-state index contributed by atoms with van der Waals surface area (Å²) in [5, 5.41) is 16.2. The van der Waals surface area contributed by atoms with Crippen LogP contribution >= 0.6 is 0 Å². The van der Waals surface area contributed by atoms with Gasteiger partial charge < -0.3 is 24.8 Å². The SMILES string of the molecule is COc1cc(-c2cn(C)c(=O)c3[nH]ncc23)cc(F)c1CN1CCC(NC(=O)N2CCC(c3ccc(NC4CCC(=O)NC4=O)cc3)CC2)CC1. The van der Waals surface area contributed by atoms with Crippen LogP contribution in [0, 0.1) is 5.82 Å². The molecule has 268 valence electrons. The molecule has 14 heteroatoms. The molecule has 13 nitrogen and oxygen atoms in total. The van der Waals surface area contributed by atoms with E-state index in [-0.39, 0.29) is 35.3 Å². The highest BCUT2D eigenvalue weighted by molar-refractivity contribution is 6.01. The van der Waals surface area contributed by atoms with E-state index in [4.69, 9.17) is 4.74 Å². The highest BCUT2D eigenvalue weighted by Crippen LogP contribution is 2.34. The number of hydrogen-bond acceptors (Lipinski definition) is 8. The summed E-state index contributed by atoms with van der Waals surface area (Å²) in [4.78, 5) is 53.2. The average molecular weight is 699 g/mol. The number of nitrogens with zero attached hydrogens (tertiary/aromatic N) is 4. The fourth-order valence-electron chi connectivity index (χ4n) is 7.51. The number of likely N-dealkylation sites (tertiary alicyclic amines) is 2. The average Bonchev–Trinajstić information content (AvgIpc) is 3.63. The maximum absolute atomic E-state index is 15.7. The van der Waals surface area contributed by atoms with E-state index in [1.54, 1.807) is 25.5 Å². The van der Waals surface area contributed by atoms with Crippen LogP contribution in [0.3, 0.4) is 0 Å². The Kier molecular flexibility index (Phi) is 9.76. The van der Waals surface area contributed by atoms with Crippen molar-refractivity contribution in [1.29, 1.82) is 0 Å². The number of aromatic amines is 1. The number of fused-ring (bicyclic) bond motifs is 1. The Morgan fingerprint density at radius 2 is 1.76 bits per heavy atom. The Hall–Kier alpha value is -5.24. The van der Waals surface area contributed by atoms with E-state index in [9.17, 15) is 19.2 Å². The van der Waals surface area contributed by atoms with Crippen molar-refractivity contribution >= 4 is 34.4 Å². The summed E-state index contributed by atoms with van der Waals surface area (Å²) in [6.45, 7) is 3.15. The lowest BCUT2D eigenvalue weighted by molar-refractivity contribution is -0.133. The highest BCUT2D eigenvalue weighted by Gasteiger charge is 2.29. The van der Waals surface area contributed by atoms with E-state index < -0.39 is 6.04 Å². The molecule has 51 heavy (non-hydrogen) atoms. The fraction of sp³-hybridized carbons (Fsp3) is 0.432. The van der Waals surface area contributed by atoms with E-state index in [1.807, 2.05) is 17.0 Å². The van der Waals surface area contributed by atoms with Gasteiger partial charge in [-0.25, -0.2) is 9.18 Å². The Labute approximate surface area is 294 Å². The molecule has 0 spiro atoms. The molecule has 1 atom stereocenters. The van der Waals surface area contributed by atoms with Gasteiger partial charge in [0.2, 0.25) is 11.8 Å². The summed E-state index contributed by atoms with van der Waals surface area (Å²) in [6, 6.07) is 11.0. The number of imide groups is 1. The van der Waals surface area contributed by atoms with Crippen LogP contribution in [0.2, 0.25) is 0 Å². The molecule has 1 unspecified atom stereocenters. The number of piperidine rings is 3. The molecule has 3 fully saturated rings. The van der Waals surface area contributed by atoms with Crippen LogP contribution in [0.4, 0.5) is 14.9 Å². The third kappa shape index (κ3) is 7.32. The predicted octanol–water partition coefficient (Wildman–Crippen LogP) is 3.85. The van der Waals surface area contributed by atoms with Crippen LogP contribution in [0.1, 0.15) is 55.6 Å². The third-order valence-corrected chi connectivity index (χ3v) is 10.5. The Morgan fingerprint density at radius 1 is 1.02 bits per heavy atom. The number of rotatable bonds is 8. The molecule has 5 heterocycles. The molecule has 0 aliphatic carbocycles. The molecule has 0 bridgehead atoms. The number of aryl methyl sites for hydroxylation is 1. The molecule has 0 saturated carbocycles. The van der Waals surface area contributed by atoms with Gasteiger partial charge in [-0.05, 0) is 73.4 Å². The predicted molar refractivity (Wildman–Crippen MR) is 190 cm³/mol.